The van der Waals surface area contributed by atoms with Crippen LogP contribution in [0.2, 0.25) is 0 Å². The Morgan fingerprint density at radius 2 is 1.75 bits per heavy atom. The molecule has 1 aromatic heterocycles. The summed E-state index contributed by atoms with van der Waals surface area (Å²) < 4.78 is 13.0. The Morgan fingerprint density at radius 1 is 1.05 bits per heavy atom. The first kappa shape index (κ1) is 12.5. The molecule has 98 valence electrons. The molecule has 0 fully saturated rings. The summed E-state index contributed by atoms with van der Waals surface area (Å²) in [5, 5.41) is 0.959. The summed E-state index contributed by atoms with van der Waals surface area (Å²) in [7, 11) is 0. The second kappa shape index (κ2) is 4.85. The molecule has 2 aromatic carbocycles. The number of halogens is 1. The average molecular weight is 265 g/mol. The second-order valence-electron chi connectivity index (χ2n) is 4.64. The maximum absolute atomic E-state index is 13.0. The van der Waals surface area contributed by atoms with Gasteiger partial charge in [0.1, 0.15) is 5.82 Å². The van der Waals surface area contributed by atoms with Gasteiger partial charge in [-0.3, -0.25) is 4.79 Å². The van der Waals surface area contributed by atoms with Crippen LogP contribution >= 0.6 is 0 Å². The van der Waals surface area contributed by atoms with Crippen LogP contribution in [0.3, 0.4) is 0 Å². The largest absolute Gasteiger partial charge is 0.298 e. The van der Waals surface area contributed by atoms with Crippen molar-refractivity contribution in [1.29, 1.82) is 0 Å². The van der Waals surface area contributed by atoms with E-state index in [0.29, 0.717) is 11.3 Å². The number of benzene rings is 2. The van der Waals surface area contributed by atoms with Gasteiger partial charge in [-0.25, -0.2) is 9.37 Å². The van der Waals surface area contributed by atoms with Crippen LogP contribution in [0.5, 0.6) is 0 Å². The van der Waals surface area contributed by atoms with Crippen molar-refractivity contribution in [2.45, 2.75) is 6.92 Å². The zero-order valence-electron chi connectivity index (χ0n) is 10.9. The molecule has 0 radical (unpaired) electrons. The Labute approximate surface area is 115 Å². The Hall–Kier alpha value is -2.55. The smallest absolute Gasteiger partial charge is 0.152 e. The molecular formula is C17H12FNO. The Kier molecular flexibility index (Phi) is 3.03. The minimum absolute atomic E-state index is 0.307. The molecule has 3 rings (SSSR count). The first-order valence-electron chi connectivity index (χ1n) is 6.31. The van der Waals surface area contributed by atoms with E-state index in [1.165, 1.54) is 12.1 Å². The number of aryl methyl sites for hydroxylation is 1. The SMILES string of the molecule is Cc1c(C=O)c(-c2ccc(F)cc2)nc2ccccc12. The quantitative estimate of drug-likeness (QED) is 0.651. The number of aldehydes is 1. The van der Waals surface area contributed by atoms with Gasteiger partial charge in [-0.2, -0.15) is 0 Å². The minimum Gasteiger partial charge on any atom is -0.298 e. The lowest BCUT2D eigenvalue weighted by Crippen LogP contribution is -1.97. The highest BCUT2D eigenvalue weighted by Gasteiger charge is 2.13. The maximum Gasteiger partial charge on any atom is 0.152 e. The molecule has 0 aliphatic carbocycles. The van der Waals surface area contributed by atoms with E-state index in [1.807, 2.05) is 31.2 Å². The molecular weight excluding hydrogens is 253 g/mol. The number of aromatic nitrogens is 1. The highest BCUT2D eigenvalue weighted by molar-refractivity contribution is 5.96. The highest BCUT2D eigenvalue weighted by Crippen LogP contribution is 2.28. The summed E-state index contributed by atoms with van der Waals surface area (Å²) in [6.07, 6.45) is 0.813. The molecule has 0 amide bonds. The average Bonchev–Trinajstić information content (AvgIpc) is 2.48. The van der Waals surface area contributed by atoms with Crippen molar-refractivity contribution in [2.75, 3.05) is 0 Å². The van der Waals surface area contributed by atoms with Crippen LogP contribution in [0, 0.1) is 12.7 Å². The number of pyridine rings is 1. The lowest BCUT2D eigenvalue weighted by Gasteiger charge is -2.10. The van der Waals surface area contributed by atoms with Crippen LogP contribution in [0.4, 0.5) is 4.39 Å². The number of fused-ring (bicyclic) bond motifs is 1. The van der Waals surface area contributed by atoms with Crippen molar-refractivity contribution < 1.29 is 9.18 Å². The molecule has 20 heavy (non-hydrogen) atoms. The van der Waals surface area contributed by atoms with Crippen LogP contribution in [-0.4, -0.2) is 11.3 Å². The number of para-hydroxylation sites is 1. The van der Waals surface area contributed by atoms with Crippen LogP contribution in [0.1, 0.15) is 15.9 Å². The maximum atomic E-state index is 13.0. The normalized spacial score (nSPS) is 10.7. The third-order valence-corrected chi connectivity index (χ3v) is 3.43. The topological polar surface area (TPSA) is 30.0 Å². The van der Waals surface area contributed by atoms with E-state index >= 15 is 0 Å². The van der Waals surface area contributed by atoms with Gasteiger partial charge in [0.25, 0.3) is 0 Å². The summed E-state index contributed by atoms with van der Waals surface area (Å²) in [5.41, 5.74) is 3.61. The number of hydrogen-bond donors (Lipinski definition) is 0. The van der Waals surface area contributed by atoms with Gasteiger partial charge >= 0.3 is 0 Å². The molecule has 2 nitrogen and oxygen atoms in total. The summed E-state index contributed by atoms with van der Waals surface area (Å²) in [4.78, 5) is 16.0. The van der Waals surface area contributed by atoms with E-state index in [0.717, 1.165) is 28.3 Å². The molecule has 0 spiro atoms. The zero-order chi connectivity index (χ0) is 14.1. The molecule has 3 aromatic rings. The Bertz CT molecular complexity index is 794. The van der Waals surface area contributed by atoms with Crippen molar-refractivity contribution >= 4 is 17.2 Å². The van der Waals surface area contributed by atoms with Crippen LogP contribution in [0.15, 0.2) is 48.5 Å². The molecule has 1 heterocycles. The zero-order valence-corrected chi connectivity index (χ0v) is 10.9. The van der Waals surface area contributed by atoms with Crippen LogP contribution in [-0.2, 0) is 0 Å². The van der Waals surface area contributed by atoms with Gasteiger partial charge in [0.2, 0.25) is 0 Å². The number of carbonyl (C=O) groups excluding carboxylic acids is 1. The van der Waals surface area contributed by atoms with Gasteiger partial charge in [-0.1, -0.05) is 18.2 Å². The van der Waals surface area contributed by atoms with Gasteiger partial charge in [0.05, 0.1) is 11.2 Å². The predicted octanol–water partition coefficient (Wildman–Crippen LogP) is 4.16. The van der Waals surface area contributed by atoms with Crippen molar-refractivity contribution in [3.8, 4) is 11.3 Å². The highest BCUT2D eigenvalue weighted by atomic mass is 19.1. The fraction of sp³-hybridized carbons (Fsp3) is 0.0588. The van der Waals surface area contributed by atoms with E-state index in [1.54, 1.807) is 12.1 Å². The van der Waals surface area contributed by atoms with Gasteiger partial charge in [-0.15, -0.1) is 0 Å². The van der Waals surface area contributed by atoms with Crippen molar-refractivity contribution in [3.05, 3.63) is 65.5 Å². The lowest BCUT2D eigenvalue weighted by molar-refractivity contribution is 0.112. The van der Waals surface area contributed by atoms with E-state index in [-0.39, 0.29) is 5.82 Å². The molecule has 0 bridgehead atoms. The molecule has 3 heteroatoms. The van der Waals surface area contributed by atoms with E-state index in [9.17, 15) is 9.18 Å². The summed E-state index contributed by atoms with van der Waals surface area (Å²) in [6.45, 7) is 1.90. The van der Waals surface area contributed by atoms with Gasteiger partial charge in [-0.05, 0) is 42.8 Å². The molecule has 0 saturated carbocycles. The molecule has 0 aliphatic rings. The molecule has 0 aliphatic heterocycles. The summed E-state index contributed by atoms with van der Waals surface area (Å²) in [6, 6.07) is 13.7. The number of rotatable bonds is 2. The minimum atomic E-state index is -0.307. The molecule has 0 atom stereocenters. The Balaban J connectivity index is 2.34. The number of nitrogens with zero attached hydrogens (tertiary/aromatic N) is 1. The van der Waals surface area contributed by atoms with Crippen molar-refractivity contribution in [2.24, 2.45) is 0 Å². The van der Waals surface area contributed by atoms with Gasteiger partial charge in [0, 0.05) is 16.5 Å². The van der Waals surface area contributed by atoms with Gasteiger partial charge < -0.3 is 0 Å². The van der Waals surface area contributed by atoms with Crippen molar-refractivity contribution in [1.82, 2.24) is 4.98 Å². The Morgan fingerprint density at radius 3 is 2.45 bits per heavy atom. The molecule has 0 unspecified atom stereocenters. The monoisotopic (exact) mass is 265 g/mol. The first-order chi connectivity index (χ1) is 9.70. The van der Waals surface area contributed by atoms with Crippen LogP contribution < -0.4 is 0 Å². The fourth-order valence-corrected chi connectivity index (χ4v) is 2.36. The van der Waals surface area contributed by atoms with E-state index < -0.39 is 0 Å². The van der Waals surface area contributed by atoms with E-state index in [2.05, 4.69) is 4.98 Å². The van der Waals surface area contributed by atoms with Crippen molar-refractivity contribution in [3.63, 3.8) is 0 Å². The number of hydrogen-bond acceptors (Lipinski definition) is 2. The van der Waals surface area contributed by atoms with E-state index in [4.69, 9.17) is 0 Å². The lowest BCUT2D eigenvalue weighted by atomic mass is 9.98. The van der Waals surface area contributed by atoms with Gasteiger partial charge in [0.15, 0.2) is 6.29 Å². The number of carbonyl (C=O) groups is 1. The standard InChI is InChI=1S/C17H12FNO/c1-11-14-4-2-3-5-16(14)19-17(15(11)10-20)12-6-8-13(18)9-7-12/h2-10H,1H3. The predicted molar refractivity (Wildman–Crippen MR) is 77.3 cm³/mol. The third-order valence-electron chi connectivity index (χ3n) is 3.43. The fourth-order valence-electron chi connectivity index (χ4n) is 2.36. The summed E-state index contributed by atoms with van der Waals surface area (Å²) in [5.74, 6) is -0.307. The molecule has 0 N–H and O–H groups in total. The molecule has 0 saturated heterocycles. The van der Waals surface area contributed by atoms with Crippen LogP contribution in [0.25, 0.3) is 22.2 Å². The second-order valence-corrected chi connectivity index (χ2v) is 4.64. The third kappa shape index (κ3) is 1.97. The first-order valence-corrected chi connectivity index (χ1v) is 6.31. The summed E-state index contributed by atoms with van der Waals surface area (Å²) >= 11 is 0.